The Hall–Kier alpha value is -4.58. The molecule has 8 nitrogen and oxygen atoms in total. The van der Waals surface area contributed by atoms with Crippen LogP contribution in [-0.4, -0.2) is 23.3 Å². The minimum absolute atomic E-state index is 0.0580. The predicted octanol–water partition coefficient (Wildman–Crippen LogP) is 7.75. The Morgan fingerprint density at radius 1 is 0.955 bits per heavy atom. The molecule has 0 aliphatic rings. The van der Waals surface area contributed by atoms with Gasteiger partial charge in [-0.3, -0.25) is 4.79 Å². The fraction of sp³-hybridized carbons (Fsp3) is 0.176. The smallest absolute Gasteiger partial charge is 0.307 e. The van der Waals surface area contributed by atoms with Gasteiger partial charge in [0.1, 0.15) is 30.5 Å². The van der Waals surface area contributed by atoms with E-state index in [1.165, 1.54) is 12.3 Å². The number of ether oxygens (including phenoxy) is 3. The second-order valence-electron chi connectivity index (χ2n) is 9.84. The lowest BCUT2D eigenvalue weighted by Crippen LogP contribution is -2.16. The Balaban J connectivity index is 1.16. The molecule has 5 aromatic rings. The highest BCUT2D eigenvalue weighted by atomic mass is 127. The molecule has 226 valence electrons. The van der Waals surface area contributed by atoms with Crippen LogP contribution in [0.25, 0.3) is 5.69 Å². The maximum absolute atomic E-state index is 14.0. The molecule has 5 rings (SSSR count). The van der Waals surface area contributed by atoms with E-state index in [0.29, 0.717) is 40.7 Å². The molecule has 0 saturated carbocycles. The number of hydrogen-bond acceptors (Lipinski definition) is 6. The molecule has 0 radical (unpaired) electrons. The van der Waals surface area contributed by atoms with Crippen LogP contribution in [0.15, 0.2) is 94.4 Å². The molecule has 0 unspecified atom stereocenters. The Morgan fingerprint density at radius 3 is 2.43 bits per heavy atom. The molecule has 10 heteroatoms. The Bertz CT molecular complexity index is 1760. The van der Waals surface area contributed by atoms with Crippen LogP contribution in [0.2, 0.25) is 0 Å². The highest BCUT2D eigenvalue weighted by molar-refractivity contribution is 14.1. The zero-order chi connectivity index (χ0) is 31.1. The number of aromatic nitrogens is 1. The van der Waals surface area contributed by atoms with Crippen molar-refractivity contribution in [1.29, 1.82) is 0 Å². The number of hydrazone groups is 1. The molecule has 3 aromatic carbocycles. The summed E-state index contributed by atoms with van der Waals surface area (Å²) in [6, 6.07) is 25.3. The van der Waals surface area contributed by atoms with Gasteiger partial charge >= 0.3 is 5.91 Å². The molecule has 1 N–H and O–H groups in total. The minimum atomic E-state index is -0.501. The fourth-order valence-corrected chi connectivity index (χ4v) is 5.33. The molecular weight excluding hydrogens is 676 g/mol. The van der Waals surface area contributed by atoms with E-state index < -0.39 is 5.91 Å². The van der Waals surface area contributed by atoms with Crippen LogP contribution in [0.1, 0.15) is 45.8 Å². The van der Waals surface area contributed by atoms with E-state index in [1.54, 1.807) is 36.4 Å². The summed E-state index contributed by atoms with van der Waals surface area (Å²) in [6.45, 7) is 6.63. The van der Waals surface area contributed by atoms with E-state index in [4.69, 9.17) is 18.6 Å². The van der Waals surface area contributed by atoms with Gasteiger partial charge in [0.2, 0.25) is 0 Å². The average Bonchev–Trinajstić information content (AvgIpc) is 3.63. The van der Waals surface area contributed by atoms with Gasteiger partial charge in [-0.25, -0.2) is 9.82 Å². The van der Waals surface area contributed by atoms with Crippen LogP contribution in [0.5, 0.6) is 17.2 Å². The average molecular weight is 708 g/mol. The first-order valence-electron chi connectivity index (χ1n) is 13.9. The SMILES string of the molecule is CCOc1cc(/C=N/NC(=O)c2ccc(COc3ccc(-n4c(C)ccc4C)cc3)o2)cc(I)c1OCc1ccccc1F. The van der Waals surface area contributed by atoms with Crippen molar-refractivity contribution in [2.75, 3.05) is 6.61 Å². The molecule has 0 spiro atoms. The highest BCUT2D eigenvalue weighted by Crippen LogP contribution is 2.34. The molecule has 0 fully saturated rings. The quantitative estimate of drug-likeness (QED) is 0.0815. The van der Waals surface area contributed by atoms with Crippen molar-refractivity contribution in [3.63, 3.8) is 0 Å². The van der Waals surface area contributed by atoms with Gasteiger partial charge in [0, 0.05) is 22.6 Å². The van der Waals surface area contributed by atoms with Gasteiger partial charge in [-0.05, 0) is 116 Å². The zero-order valence-corrected chi connectivity index (χ0v) is 26.6. The van der Waals surface area contributed by atoms with Gasteiger partial charge < -0.3 is 23.2 Å². The Morgan fingerprint density at radius 2 is 1.70 bits per heavy atom. The standard InChI is InChI=1S/C34H31FIN3O5/c1-4-41-32-18-24(17-30(36)33(32)43-20-25-7-5-6-8-29(25)35)19-37-38-34(40)31-16-15-28(44-31)21-42-27-13-11-26(12-14-27)39-22(2)9-10-23(39)3/h5-19H,4,20-21H2,1-3H3,(H,38,40)/b37-19+. The number of benzene rings is 3. The second-order valence-corrected chi connectivity index (χ2v) is 11.0. The molecule has 0 atom stereocenters. The van der Waals surface area contributed by atoms with Gasteiger partial charge in [-0.2, -0.15) is 5.10 Å². The summed E-state index contributed by atoms with van der Waals surface area (Å²) in [5.74, 6) is 1.46. The maximum Gasteiger partial charge on any atom is 0.307 e. The van der Waals surface area contributed by atoms with E-state index in [-0.39, 0.29) is 24.8 Å². The molecule has 0 bridgehead atoms. The monoisotopic (exact) mass is 707 g/mol. The largest absolute Gasteiger partial charge is 0.490 e. The van der Waals surface area contributed by atoms with E-state index in [0.717, 1.165) is 20.6 Å². The van der Waals surface area contributed by atoms with Gasteiger partial charge in [-0.1, -0.05) is 18.2 Å². The van der Waals surface area contributed by atoms with Crippen molar-refractivity contribution >= 4 is 34.7 Å². The third-order valence-corrected chi connectivity index (χ3v) is 7.48. The van der Waals surface area contributed by atoms with Crippen LogP contribution in [-0.2, 0) is 13.2 Å². The number of furan rings is 1. The minimum Gasteiger partial charge on any atom is -0.490 e. The molecule has 0 aliphatic heterocycles. The lowest BCUT2D eigenvalue weighted by atomic mass is 10.2. The van der Waals surface area contributed by atoms with Gasteiger partial charge in [0.05, 0.1) is 16.4 Å². The topological polar surface area (TPSA) is 87.2 Å². The number of carbonyl (C=O) groups excluding carboxylic acids is 1. The third-order valence-electron chi connectivity index (χ3n) is 6.67. The maximum atomic E-state index is 14.0. The summed E-state index contributed by atoms with van der Waals surface area (Å²) in [7, 11) is 0. The van der Waals surface area contributed by atoms with E-state index in [9.17, 15) is 9.18 Å². The van der Waals surface area contributed by atoms with Crippen LogP contribution >= 0.6 is 22.6 Å². The second kappa shape index (κ2) is 14.3. The van der Waals surface area contributed by atoms with Gasteiger partial charge in [0.25, 0.3) is 0 Å². The molecule has 2 aromatic heterocycles. The molecule has 1 amide bonds. The first-order chi connectivity index (χ1) is 21.3. The predicted molar refractivity (Wildman–Crippen MR) is 174 cm³/mol. The lowest BCUT2D eigenvalue weighted by Gasteiger charge is -2.15. The number of nitrogens with one attached hydrogen (secondary N) is 1. The van der Waals surface area contributed by atoms with Crippen molar-refractivity contribution in [3.05, 3.63) is 128 Å². The van der Waals surface area contributed by atoms with Crippen molar-refractivity contribution in [3.8, 4) is 22.9 Å². The normalized spacial score (nSPS) is 11.1. The number of carbonyl (C=O) groups is 1. The van der Waals surface area contributed by atoms with E-state index in [1.807, 2.05) is 37.3 Å². The van der Waals surface area contributed by atoms with Crippen LogP contribution in [0, 0.1) is 23.2 Å². The number of hydrogen-bond donors (Lipinski definition) is 1. The van der Waals surface area contributed by atoms with Gasteiger partial charge in [0.15, 0.2) is 17.3 Å². The number of nitrogens with zero attached hydrogens (tertiary/aromatic N) is 2. The van der Waals surface area contributed by atoms with Crippen molar-refractivity contribution in [1.82, 2.24) is 9.99 Å². The van der Waals surface area contributed by atoms with Crippen molar-refractivity contribution in [2.24, 2.45) is 5.10 Å². The van der Waals surface area contributed by atoms with Crippen LogP contribution in [0.3, 0.4) is 0 Å². The summed E-state index contributed by atoms with van der Waals surface area (Å²) in [4.78, 5) is 12.6. The number of halogens is 2. The Labute approximate surface area is 268 Å². The summed E-state index contributed by atoms with van der Waals surface area (Å²) in [5.41, 5.74) is 6.98. The summed E-state index contributed by atoms with van der Waals surface area (Å²) in [6.07, 6.45) is 1.50. The highest BCUT2D eigenvalue weighted by Gasteiger charge is 2.14. The van der Waals surface area contributed by atoms with Crippen LogP contribution in [0.4, 0.5) is 4.39 Å². The first kappa shape index (κ1) is 30.9. The zero-order valence-electron chi connectivity index (χ0n) is 24.5. The van der Waals surface area contributed by atoms with E-state index in [2.05, 4.69) is 63.7 Å². The number of aryl methyl sites for hydroxylation is 2. The van der Waals surface area contributed by atoms with Gasteiger partial charge in [-0.15, -0.1) is 0 Å². The van der Waals surface area contributed by atoms with Crippen molar-refractivity contribution < 1.29 is 27.8 Å². The van der Waals surface area contributed by atoms with E-state index >= 15 is 0 Å². The Kier molecular flexibility index (Phi) is 10.0. The number of rotatable bonds is 12. The molecule has 44 heavy (non-hydrogen) atoms. The summed E-state index contributed by atoms with van der Waals surface area (Å²) < 4.78 is 40.1. The summed E-state index contributed by atoms with van der Waals surface area (Å²) in [5, 5.41) is 4.07. The molecule has 2 heterocycles. The lowest BCUT2D eigenvalue weighted by molar-refractivity contribution is 0.0923. The molecule has 0 aliphatic carbocycles. The number of amides is 1. The van der Waals surface area contributed by atoms with Crippen molar-refractivity contribution in [2.45, 2.75) is 34.0 Å². The molecular formula is C34H31FIN3O5. The third kappa shape index (κ3) is 7.49. The first-order valence-corrected chi connectivity index (χ1v) is 15.0. The fourth-order valence-electron chi connectivity index (χ4n) is 4.55. The van der Waals surface area contributed by atoms with Crippen LogP contribution < -0.4 is 19.6 Å². The summed E-state index contributed by atoms with van der Waals surface area (Å²) >= 11 is 2.12. The molecule has 0 saturated heterocycles.